The molecule has 1 aliphatic rings. The predicted molar refractivity (Wildman–Crippen MR) is 73.3 cm³/mol. The Bertz CT molecular complexity index is 266. The first kappa shape index (κ1) is 13.9. The van der Waals surface area contributed by atoms with Crippen molar-refractivity contribution in [3.63, 3.8) is 0 Å². The van der Waals surface area contributed by atoms with Gasteiger partial charge in [0.05, 0.1) is 0 Å². The topological polar surface area (TPSA) is 21.3 Å². The Labute approximate surface area is 102 Å². The van der Waals surface area contributed by atoms with E-state index in [4.69, 9.17) is 4.43 Å². The minimum Gasteiger partial charge on any atom is -0.415 e. The van der Waals surface area contributed by atoms with Crippen molar-refractivity contribution in [2.75, 3.05) is 13.2 Å². The Hall–Kier alpha value is -0.123. The number of allylic oxidation sites excluding steroid dienone is 1. The van der Waals surface area contributed by atoms with Crippen LogP contribution >= 0.6 is 0 Å². The van der Waals surface area contributed by atoms with Gasteiger partial charge < -0.3 is 9.74 Å². The zero-order valence-electron chi connectivity index (χ0n) is 11.7. The van der Waals surface area contributed by atoms with E-state index in [2.05, 4.69) is 52.2 Å². The predicted octanol–water partition coefficient (Wildman–Crippen LogP) is 3.32. The zero-order chi connectivity index (χ0) is 12.4. The summed E-state index contributed by atoms with van der Waals surface area (Å²) in [4.78, 5) is 0. The monoisotopic (exact) mass is 241 g/mol. The lowest BCUT2D eigenvalue weighted by Gasteiger charge is -2.36. The first-order valence-corrected chi connectivity index (χ1v) is 9.18. The summed E-state index contributed by atoms with van der Waals surface area (Å²) in [6, 6.07) is 0.528. The Morgan fingerprint density at radius 2 is 2.06 bits per heavy atom. The van der Waals surface area contributed by atoms with Gasteiger partial charge in [-0.25, -0.2) is 0 Å². The minimum absolute atomic E-state index is 0.315. The molecule has 0 bridgehead atoms. The lowest BCUT2D eigenvalue weighted by molar-refractivity contribution is 0.254. The van der Waals surface area contributed by atoms with Crippen LogP contribution in [0.3, 0.4) is 0 Å². The van der Waals surface area contributed by atoms with Gasteiger partial charge in [0.25, 0.3) is 0 Å². The first-order chi connectivity index (χ1) is 7.26. The summed E-state index contributed by atoms with van der Waals surface area (Å²) in [5.41, 5.74) is 1.52. The van der Waals surface area contributed by atoms with Gasteiger partial charge in [0.15, 0.2) is 8.32 Å². The molecule has 16 heavy (non-hydrogen) atoms. The highest BCUT2D eigenvalue weighted by Gasteiger charge is 2.37. The fourth-order valence-electron chi connectivity index (χ4n) is 1.60. The lowest BCUT2D eigenvalue weighted by atomic mass is 10.1. The molecule has 0 unspecified atom stereocenters. The van der Waals surface area contributed by atoms with Crippen molar-refractivity contribution < 1.29 is 4.43 Å². The van der Waals surface area contributed by atoms with E-state index in [1.165, 1.54) is 5.57 Å². The van der Waals surface area contributed by atoms with Crippen molar-refractivity contribution in [2.45, 2.75) is 58.3 Å². The molecule has 94 valence electrons. The van der Waals surface area contributed by atoms with Crippen molar-refractivity contribution in [3.05, 3.63) is 11.6 Å². The third-order valence-electron chi connectivity index (χ3n) is 3.99. The van der Waals surface area contributed by atoms with Gasteiger partial charge in [-0.05, 0) is 31.5 Å². The second-order valence-electron chi connectivity index (χ2n) is 6.30. The van der Waals surface area contributed by atoms with Gasteiger partial charge in [-0.15, -0.1) is 0 Å². The number of nitrogens with one attached hydrogen (secondary N) is 1. The average molecular weight is 241 g/mol. The molecule has 0 aromatic rings. The number of rotatable bonds is 3. The third-order valence-corrected chi connectivity index (χ3v) is 8.49. The molecule has 0 aliphatic carbocycles. The fourth-order valence-corrected chi connectivity index (χ4v) is 2.65. The van der Waals surface area contributed by atoms with Crippen molar-refractivity contribution in [2.24, 2.45) is 0 Å². The Morgan fingerprint density at radius 3 is 2.50 bits per heavy atom. The summed E-state index contributed by atoms with van der Waals surface area (Å²) in [6.07, 6.45) is 3.38. The van der Waals surface area contributed by atoms with E-state index in [0.29, 0.717) is 11.1 Å². The van der Waals surface area contributed by atoms with E-state index in [-0.39, 0.29) is 0 Å². The third kappa shape index (κ3) is 3.44. The molecule has 0 spiro atoms. The van der Waals surface area contributed by atoms with Crippen LogP contribution in [0.5, 0.6) is 0 Å². The summed E-state index contributed by atoms with van der Waals surface area (Å²) in [6.45, 7) is 15.5. The van der Waals surface area contributed by atoms with Gasteiger partial charge in [-0.3, -0.25) is 0 Å². The van der Waals surface area contributed by atoms with Crippen LogP contribution in [-0.4, -0.2) is 27.5 Å². The van der Waals surface area contributed by atoms with Crippen LogP contribution in [0.2, 0.25) is 18.1 Å². The highest BCUT2D eigenvalue weighted by molar-refractivity contribution is 6.74. The Kier molecular flexibility index (Phi) is 4.38. The van der Waals surface area contributed by atoms with Crippen molar-refractivity contribution in [1.29, 1.82) is 0 Å². The molecule has 1 N–H and O–H groups in total. The molecule has 0 amide bonds. The van der Waals surface area contributed by atoms with Gasteiger partial charge in [0.2, 0.25) is 0 Å². The Morgan fingerprint density at radius 1 is 1.44 bits per heavy atom. The molecule has 1 heterocycles. The summed E-state index contributed by atoms with van der Waals surface area (Å²) in [5, 5.41) is 3.83. The van der Waals surface area contributed by atoms with Gasteiger partial charge in [0, 0.05) is 19.2 Å². The molecule has 1 fully saturated rings. The number of hydrogen-bond acceptors (Lipinski definition) is 2. The zero-order valence-corrected chi connectivity index (χ0v) is 12.7. The Balaban J connectivity index is 2.41. The molecule has 1 atom stereocenters. The summed E-state index contributed by atoms with van der Waals surface area (Å²) in [7, 11) is -1.56. The molecular weight excluding hydrogens is 214 g/mol. The largest absolute Gasteiger partial charge is 0.415 e. The average Bonchev–Trinajstić information content (AvgIpc) is 2.60. The number of hydrogen-bond donors (Lipinski definition) is 1. The summed E-state index contributed by atoms with van der Waals surface area (Å²) >= 11 is 0. The molecule has 0 aromatic carbocycles. The van der Waals surface area contributed by atoms with Crippen LogP contribution in [0.1, 0.15) is 34.1 Å². The van der Waals surface area contributed by atoms with Gasteiger partial charge >= 0.3 is 0 Å². The second-order valence-corrected chi connectivity index (χ2v) is 11.1. The highest BCUT2D eigenvalue weighted by Crippen LogP contribution is 2.36. The van der Waals surface area contributed by atoms with Crippen LogP contribution < -0.4 is 5.32 Å². The molecule has 0 aromatic heterocycles. The van der Waals surface area contributed by atoms with Gasteiger partial charge in [-0.2, -0.15) is 0 Å². The maximum atomic E-state index is 6.22. The van der Waals surface area contributed by atoms with Crippen molar-refractivity contribution >= 4 is 8.32 Å². The van der Waals surface area contributed by atoms with Crippen LogP contribution in [0.15, 0.2) is 11.6 Å². The second kappa shape index (κ2) is 5.03. The summed E-state index contributed by atoms with van der Waals surface area (Å²) in [5.74, 6) is 0. The molecular formula is C13H27NOSi. The van der Waals surface area contributed by atoms with Crippen LogP contribution in [0.4, 0.5) is 0 Å². The maximum Gasteiger partial charge on any atom is 0.192 e. The van der Waals surface area contributed by atoms with Crippen LogP contribution in [0.25, 0.3) is 0 Å². The molecule has 1 aliphatic heterocycles. The van der Waals surface area contributed by atoms with Crippen LogP contribution in [0, 0.1) is 0 Å². The minimum atomic E-state index is -1.56. The molecule has 1 rings (SSSR count). The van der Waals surface area contributed by atoms with E-state index in [0.717, 1.165) is 19.6 Å². The van der Waals surface area contributed by atoms with E-state index in [9.17, 15) is 0 Å². The smallest absolute Gasteiger partial charge is 0.192 e. The van der Waals surface area contributed by atoms with E-state index < -0.39 is 8.32 Å². The highest BCUT2D eigenvalue weighted by atomic mass is 28.4. The fraction of sp³-hybridized carbons (Fsp3) is 0.846. The first-order valence-electron chi connectivity index (χ1n) is 6.27. The van der Waals surface area contributed by atoms with Gasteiger partial charge in [-0.1, -0.05) is 32.4 Å². The van der Waals surface area contributed by atoms with E-state index in [1.807, 2.05) is 0 Å². The quantitative estimate of drug-likeness (QED) is 0.604. The summed E-state index contributed by atoms with van der Waals surface area (Å²) < 4.78 is 6.22. The molecule has 3 heteroatoms. The maximum absolute atomic E-state index is 6.22. The molecule has 0 radical (unpaired) electrons. The standard InChI is InChI=1S/C13H27NOSi/c1-7-11-8-12(14-9-11)10-15-16(5,6)13(2,3)4/h7,12,14H,8-10H2,1-6H3/b11-7-/t12-/m0/s1. The van der Waals surface area contributed by atoms with E-state index in [1.54, 1.807) is 0 Å². The normalized spacial score (nSPS) is 25.4. The molecule has 0 saturated carbocycles. The van der Waals surface area contributed by atoms with E-state index >= 15 is 0 Å². The van der Waals surface area contributed by atoms with Gasteiger partial charge in [0.1, 0.15) is 0 Å². The van der Waals surface area contributed by atoms with Crippen LogP contribution in [-0.2, 0) is 4.43 Å². The lowest BCUT2D eigenvalue weighted by Crippen LogP contribution is -2.43. The molecule has 1 saturated heterocycles. The van der Waals surface area contributed by atoms with Crippen molar-refractivity contribution in [1.82, 2.24) is 5.32 Å². The van der Waals surface area contributed by atoms with Crippen molar-refractivity contribution in [3.8, 4) is 0 Å². The SMILES string of the molecule is C/C=C1\CN[C@H](CO[Si](C)(C)C(C)(C)C)C1. The molecule has 2 nitrogen and oxygen atoms in total.